The van der Waals surface area contributed by atoms with Gasteiger partial charge in [-0.15, -0.1) is 0 Å². The molecule has 6 heteroatoms. The number of thiazole rings is 1. The highest BCUT2D eigenvalue weighted by molar-refractivity contribution is 7.17. The highest BCUT2D eigenvalue weighted by Crippen LogP contribution is 2.22. The smallest absolute Gasteiger partial charge is 0.263 e. The minimum Gasteiger partial charge on any atom is -0.375 e. The average Bonchev–Trinajstić information content (AvgIpc) is 2.75. The second kappa shape index (κ2) is 6.00. The molecule has 106 valence electrons. The first-order chi connectivity index (χ1) is 9.51. The van der Waals surface area contributed by atoms with Gasteiger partial charge in [-0.2, -0.15) is 0 Å². The molecule has 2 heterocycles. The van der Waals surface area contributed by atoms with E-state index < -0.39 is 0 Å². The van der Waals surface area contributed by atoms with Crippen molar-refractivity contribution in [3.63, 3.8) is 0 Å². The van der Waals surface area contributed by atoms with Crippen LogP contribution < -0.4 is 11.1 Å². The van der Waals surface area contributed by atoms with Gasteiger partial charge < -0.3 is 11.1 Å². The third kappa shape index (κ3) is 3.14. The van der Waals surface area contributed by atoms with E-state index in [0.29, 0.717) is 15.7 Å². The van der Waals surface area contributed by atoms with Crippen molar-refractivity contribution in [1.82, 2.24) is 15.3 Å². The van der Waals surface area contributed by atoms with Crippen molar-refractivity contribution in [1.29, 1.82) is 0 Å². The summed E-state index contributed by atoms with van der Waals surface area (Å²) in [6.45, 7) is 5.81. The fourth-order valence-corrected chi connectivity index (χ4v) is 2.72. The Hall–Kier alpha value is -1.95. The lowest BCUT2D eigenvalue weighted by atomic mass is 10.1. The summed E-state index contributed by atoms with van der Waals surface area (Å²) in [4.78, 5) is 21.3. The first-order valence-electron chi connectivity index (χ1n) is 6.47. The number of nitrogens with one attached hydrogen (secondary N) is 1. The molecule has 0 aliphatic heterocycles. The summed E-state index contributed by atoms with van der Waals surface area (Å²) < 4.78 is 0. The highest BCUT2D eigenvalue weighted by Gasteiger charge is 2.19. The molecule has 1 unspecified atom stereocenters. The SMILES string of the molecule is CCC(NC(=O)c1sc(N)nc1C)c1cc(C)ccn1. The van der Waals surface area contributed by atoms with E-state index >= 15 is 0 Å². The molecular formula is C14H18N4OS. The van der Waals surface area contributed by atoms with Gasteiger partial charge in [0.2, 0.25) is 0 Å². The Bertz CT molecular complexity index is 623. The Morgan fingerprint density at radius 3 is 2.80 bits per heavy atom. The van der Waals surface area contributed by atoms with Gasteiger partial charge in [-0.25, -0.2) is 4.98 Å². The topological polar surface area (TPSA) is 80.9 Å². The maximum atomic E-state index is 12.3. The molecule has 2 aromatic heterocycles. The number of anilines is 1. The second-order valence-corrected chi connectivity index (χ2v) is 5.69. The lowest BCUT2D eigenvalue weighted by Crippen LogP contribution is -2.28. The normalized spacial score (nSPS) is 12.2. The van der Waals surface area contributed by atoms with E-state index in [2.05, 4.69) is 15.3 Å². The van der Waals surface area contributed by atoms with Crippen molar-refractivity contribution in [2.45, 2.75) is 33.2 Å². The zero-order valence-corrected chi connectivity index (χ0v) is 12.6. The van der Waals surface area contributed by atoms with Gasteiger partial charge in [-0.1, -0.05) is 18.3 Å². The monoisotopic (exact) mass is 290 g/mol. The molecule has 0 fully saturated rings. The molecule has 0 saturated heterocycles. The van der Waals surface area contributed by atoms with E-state index in [9.17, 15) is 4.79 Å². The molecule has 1 atom stereocenters. The second-order valence-electron chi connectivity index (χ2n) is 4.66. The Balaban J connectivity index is 2.18. The third-order valence-electron chi connectivity index (χ3n) is 3.03. The zero-order chi connectivity index (χ0) is 14.7. The Morgan fingerprint density at radius 2 is 2.25 bits per heavy atom. The molecule has 0 radical (unpaired) electrons. The maximum Gasteiger partial charge on any atom is 0.263 e. The Morgan fingerprint density at radius 1 is 1.50 bits per heavy atom. The van der Waals surface area contributed by atoms with Crippen molar-refractivity contribution in [2.75, 3.05) is 5.73 Å². The predicted octanol–water partition coefficient (Wildman–Crippen LogP) is 2.62. The van der Waals surface area contributed by atoms with E-state index in [1.807, 2.05) is 26.0 Å². The molecule has 5 nitrogen and oxygen atoms in total. The molecule has 0 spiro atoms. The van der Waals surface area contributed by atoms with Crippen LogP contribution in [0.3, 0.4) is 0 Å². The number of amides is 1. The van der Waals surface area contributed by atoms with E-state index in [1.54, 1.807) is 13.1 Å². The number of aryl methyl sites for hydroxylation is 2. The number of pyridine rings is 1. The molecular weight excluding hydrogens is 272 g/mol. The summed E-state index contributed by atoms with van der Waals surface area (Å²) in [6.07, 6.45) is 2.53. The Labute approximate surface area is 122 Å². The number of nitrogen functional groups attached to an aromatic ring is 1. The number of aromatic nitrogens is 2. The van der Waals surface area contributed by atoms with Gasteiger partial charge in [0.1, 0.15) is 4.88 Å². The van der Waals surface area contributed by atoms with Gasteiger partial charge in [0.15, 0.2) is 5.13 Å². The molecule has 0 bridgehead atoms. The van der Waals surface area contributed by atoms with Crippen LogP contribution in [0.25, 0.3) is 0 Å². The first-order valence-corrected chi connectivity index (χ1v) is 7.29. The molecule has 1 amide bonds. The van der Waals surface area contributed by atoms with Gasteiger partial charge >= 0.3 is 0 Å². The standard InChI is InChI=1S/C14H18N4OS/c1-4-10(11-7-8(2)5-6-16-11)18-13(19)12-9(3)17-14(15)20-12/h5-7,10H,4H2,1-3H3,(H2,15,17)(H,18,19). The van der Waals surface area contributed by atoms with Crippen molar-refractivity contribution in [3.8, 4) is 0 Å². The highest BCUT2D eigenvalue weighted by atomic mass is 32.1. The fourth-order valence-electron chi connectivity index (χ4n) is 1.99. The minimum absolute atomic E-state index is 0.106. The van der Waals surface area contributed by atoms with Crippen LogP contribution in [0.2, 0.25) is 0 Å². The molecule has 0 saturated carbocycles. The number of hydrogen-bond donors (Lipinski definition) is 2. The number of carbonyl (C=O) groups is 1. The van der Waals surface area contributed by atoms with Gasteiger partial charge in [0.25, 0.3) is 5.91 Å². The average molecular weight is 290 g/mol. The van der Waals surface area contributed by atoms with Crippen LogP contribution in [0.1, 0.15) is 46.0 Å². The summed E-state index contributed by atoms with van der Waals surface area (Å²) >= 11 is 1.21. The molecule has 20 heavy (non-hydrogen) atoms. The summed E-state index contributed by atoms with van der Waals surface area (Å²) in [5.74, 6) is -0.146. The summed E-state index contributed by atoms with van der Waals surface area (Å²) in [7, 11) is 0. The van der Waals surface area contributed by atoms with E-state index in [4.69, 9.17) is 5.73 Å². The van der Waals surface area contributed by atoms with Crippen LogP contribution in [0.15, 0.2) is 18.3 Å². The molecule has 0 aromatic carbocycles. The van der Waals surface area contributed by atoms with Crippen LogP contribution in [-0.4, -0.2) is 15.9 Å². The van der Waals surface area contributed by atoms with Gasteiger partial charge in [-0.05, 0) is 38.0 Å². The van der Waals surface area contributed by atoms with E-state index in [0.717, 1.165) is 17.7 Å². The molecule has 2 aromatic rings. The number of hydrogen-bond acceptors (Lipinski definition) is 5. The maximum absolute atomic E-state index is 12.3. The van der Waals surface area contributed by atoms with E-state index in [1.165, 1.54) is 11.3 Å². The first kappa shape index (κ1) is 14.5. The van der Waals surface area contributed by atoms with Crippen LogP contribution >= 0.6 is 11.3 Å². The molecule has 0 aliphatic carbocycles. The fraction of sp³-hybridized carbons (Fsp3) is 0.357. The third-order valence-corrected chi connectivity index (χ3v) is 4.01. The summed E-state index contributed by atoms with van der Waals surface area (Å²) in [5, 5.41) is 3.41. The van der Waals surface area contributed by atoms with Crippen molar-refractivity contribution in [2.24, 2.45) is 0 Å². The predicted molar refractivity (Wildman–Crippen MR) is 80.7 cm³/mol. The molecule has 2 rings (SSSR count). The summed E-state index contributed by atoms with van der Waals surface area (Å²) in [5.41, 5.74) is 8.29. The number of nitrogens with two attached hydrogens (primary N) is 1. The Kier molecular flexibility index (Phi) is 4.34. The molecule has 0 aliphatic rings. The minimum atomic E-state index is -0.146. The van der Waals surface area contributed by atoms with Gasteiger partial charge in [0.05, 0.1) is 17.4 Å². The van der Waals surface area contributed by atoms with Crippen LogP contribution in [0.4, 0.5) is 5.13 Å². The number of nitrogens with zero attached hydrogens (tertiary/aromatic N) is 2. The number of rotatable bonds is 4. The summed E-state index contributed by atoms with van der Waals surface area (Å²) in [6, 6.07) is 3.82. The lowest BCUT2D eigenvalue weighted by molar-refractivity contribution is 0.0938. The van der Waals surface area contributed by atoms with Crippen molar-refractivity contribution in [3.05, 3.63) is 40.2 Å². The zero-order valence-electron chi connectivity index (χ0n) is 11.8. The van der Waals surface area contributed by atoms with Crippen molar-refractivity contribution >= 4 is 22.4 Å². The van der Waals surface area contributed by atoms with Crippen LogP contribution in [-0.2, 0) is 0 Å². The van der Waals surface area contributed by atoms with Gasteiger partial charge in [0, 0.05) is 6.20 Å². The largest absolute Gasteiger partial charge is 0.375 e. The van der Waals surface area contributed by atoms with Crippen LogP contribution in [0, 0.1) is 13.8 Å². The quantitative estimate of drug-likeness (QED) is 0.907. The lowest BCUT2D eigenvalue weighted by Gasteiger charge is -2.16. The van der Waals surface area contributed by atoms with E-state index in [-0.39, 0.29) is 11.9 Å². The van der Waals surface area contributed by atoms with Crippen molar-refractivity contribution < 1.29 is 4.79 Å². The van der Waals surface area contributed by atoms with Crippen LogP contribution in [0.5, 0.6) is 0 Å². The van der Waals surface area contributed by atoms with Gasteiger partial charge in [-0.3, -0.25) is 9.78 Å². The molecule has 3 N–H and O–H groups in total. The number of carbonyl (C=O) groups excluding carboxylic acids is 1.